The average Bonchev–Trinajstić information content (AvgIpc) is 3.14. The van der Waals surface area contributed by atoms with Crippen LogP contribution < -0.4 is 4.68 Å². The van der Waals surface area contributed by atoms with E-state index in [2.05, 4.69) is 15.5 Å². The third kappa shape index (κ3) is 3.72. The zero-order chi connectivity index (χ0) is 20.7. The standard InChI is InChI=1S/C13H9N5O8S2/c19-18(20)9-3-1-8(2-4-9)13-11(27(21,22)23)5-10(17-7-14-15-16-17)6-12(13)28(24,25)26/h1-7H,(H2,21,22,23,24,25,26). The molecular weight excluding hydrogens is 418 g/mol. The van der Waals surface area contributed by atoms with Crippen molar-refractivity contribution in [3.63, 3.8) is 0 Å². The number of nitro benzene ring substituents is 1. The highest BCUT2D eigenvalue weighted by Gasteiger charge is 2.26. The number of hydrogen-bond acceptors (Lipinski definition) is 9. The molecule has 0 aliphatic rings. The number of non-ortho nitro benzene ring substituents is 1. The number of H-pyrrole nitrogens is 1. The first-order valence-corrected chi connectivity index (χ1v) is 9.97. The van der Waals surface area contributed by atoms with Gasteiger partial charge in [0.15, 0.2) is 5.21 Å². The largest absolute Gasteiger partial charge is 0.744 e. The van der Waals surface area contributed by atoms with Crippen molar-refractivity contribution in [1.29, 1.82) is 0 Å². The highest BCUT2D eigenvalue weighted by atomic mass is 32.2. The van der Waals surface area contributed by atoms with Gasteiger partial charge >= 0.3 is 0 Å². The molecule has 1 heterocycles. The number of hydrogen-bond donors (Lipinski definition) is 2. The van der Waals surface area contributed by atoms with E-state index in [0.717, 1.165) is 47.4 Å². The summed E-state index contributed by atoms with van der Waals surface area (Å²) in [7, 11) is -10.2. The summed E-state index contributed by atoms with van der Waals surface area (Å²) >= 11 is 0. The minimum absolute atomic E-state index is 0.146. The Labute approximate surface area is 156 Å². The van der Waals surface area contributed by atoms with Gasteiger partial charge in [-0.05, 0) is 23.8 Å². The molecule has 0 atom stereocenters. The highest BCUT2D eigenvalue weighted by molar-refractivity contribution is 7.87. The SMILES string of the molecule is O=[N+]([O-])c1ccc(-c2c(S(=O)(=O)[O-])cc(-[n+]3cnn[nH]3)cc2S(=O)(=O)O)cc1. The van der Waals surface area contributed by atoms with Crippen LogP contribution in [-0.2, 0) is 20.2 Å². The number of nitrogens with one attached hydrogen (secondary N) is 1. The lowest BCUT2D eigenvalue weighted by Crippen LogP contribution is -2.32. The van der Waals surface area contributed by atoms with Crippen molar-refractivity contribution in [1.82, 2.24) is 15.5 Å². The van der Waals surface area contributed by atoms with Crippen LogP contribution in [0.15, 0.2) is 52.5 Å². The Morgan fingerprint density at radius 1 is 1.07 bits per heavy atom. The minimum Gasteiger partial charge on any atom is -0.744 e. The van der Waals surface area contributed by atoms with Crippen LogP contribution in [0, 0.1) is 10.1 Å². The number of aromatic amines is 1. The molecule has 3 aromatic rings. The summed E-state index contributed by atoms with van der Waals surface area (Å²) in [4.78, 5) is 8.21. The summed E-state index contributed by atoms with van der Waals surface area (Å²) in [6.45, 7) is 0. The van der Waals surface area contributed by atoms with E-state index in [1.165, 1.54) is 0 Å². The van der Waals surface area contributed by atoms with E-state index in [0.29, 0.717) is 0 Å². The van der Waals surface area contributed by atoms with Gasteiger partial charge in [-0.1, -0.05) is 5.21 Å². The van der Waals surface area contributed by atoms with Crippen LogP contribution in [0.5, 0.6) is 0 Å². The molecule has 0 aliphatic carbocycles. The fourth-order valence-corrected chi connectivity index (χ4v) is 4.01. The number of tetrazole rings is 1. The first-order valence-electron chi connectivity index (χ1n) is 7.13. The number of nitrogens with zero attached hydrogens (tertiary/aromatic N) is 4. The highest BCUT2D eigenvalue weighted by Crippen LogP contribution is 2.35. The molecule has 13 nitrogen and oxygen atoms in total. The van der Waals surface area contributed by atoms with E-state index in [4.69, 9.17) is 0 Å². The topological polar surface area (TPSA) is 200 Å². The van der Waals surface area contributed by atoms with Crippen LogP contribution in [-0.4, -0.2) is 46.4 Å². The maximum absolute atomic E-state index is 11.9. The molecule has 2 aromatic carbocycles. The molecule has 3 rings (SSSR count). The molecule has 15 heteroatoms. The van der Waals surface area contributed by atoms with Crippen molar-refractivity contribution in [2.24, 2.45) is 0 Å². The van der Waals surface area contributed by atoms with Gasteiger partial charge < -0.3 is 4.55 Å². The Bertz CT molecular complexity index is 1220. The summed E-state index contributed by atoms with van der Waals surface area (Å²) in [5, 5.41) is 19.9. The second kappa shape index (κ2) is 6.71. The van der Waals surface area contributed by atoms with Crippen LogP contribution in [0.3, 0.4) is 0 Å². The Kier molecular flexibility index (Phi) is 4.67. The lowest BCUT2D eigenvalue weighted by atomic mass is 10.0. The van der Waals surface area contributed by atoms with Gasteiger partial charge in [0.25, 0.3) is 22.1 Å². The van der Waals surface area contributed by atoms with Gasteiger partial charge in [0.1, 0.15) is 25.8 Å². The van der Waals surface area contributed by atoms with E-state index in [9.17, 15) is 36.1 Å². The normalized spacial score (nSPS) is 12.1. The van der Waals surface area contributed by atoms with E-state index < -0.39 is 40.5 Å². The molecule has 2 N–H and O–H groups in total. The molecule has 0 amide bonds. The van der Waals surface area contributed by atoms with Crippen molar-refractivity contribution in [2.75, 3.05) is 0 Å². The van der Waals surface area contributed by atoms with Crippen LogP contribution >= 0.6 is 0 Å². The minimum atomic E-state index is -5.23. The molecule has 0 bridgehead atoms. The third-order valence-electron chi connectivity index (χ3n) is 3.62. The second-order valence-corrected chi connectivity index (χ2v) is 8.09. The Hall–Kier alpha value is -3.27. The summed E-state index contributed by atoms with van der Waals surface area (Å²) in [6, 6.07) is 5.84. The van der Waals surface area contributed by atoms with Gasteiger partial charge in [0.05, 0.1) is 9.82 Å². The summed E-state index contributed by atoms with van der Waals surface area (Å²) in [6.07, 6.45) is 1.07. The molecule has 1 aromatic heterocycles. The predicted molar refractivity (Wildman–Crippen MR) is 87.8 cm³/mol. The molecule has 28 heavy (non-hydrogen) atoms. The summed E-state index contributed by atoms with van der Waals surface area (Å²) in [5.41, 5.74) is -1.28. The van der Waals surface area contributed by atoms with Crippen molar-refractivity contribution in [3.05, 3.63) is 52.8 Å². The van der Waals surface area contributed by atoms with Crippen molar-refractivity contribution < 1.29 is 35.5 Å². The predicted octanol–water partition coefficient (Wildman–Crippen LogP) is -0.193. The molecule has 0 aliphatic heterocycles. The molecule has 0 spiro atoms. The number of aromatic nitrogens is 4. The van der Waals surface area contributed by atoms with Gasteiger partial charge in [0.2, 0.25) is 0 Å². The first kappa shape index (κ1) is 19.5. The van der Waals surface area contributed by atoms with Gasteiger partial charge in [-0.2, -0.15) is 8.42 Å². The quantitative estimate of drug-likeness (QED) is 0.238. The summed E-state index contributed by atoms with van der Waals surface area (Å²) < 4.78 is 69.8. The van der Waals surface area contributed by atoms with Crippen LogP contribution in [0.4, 0.5) is 5.69 Å². The number of benzene rings is 2. The number of rotatable bonds is 5. The van der Waals surface area contributed by atoms with Gasteiger partial charge in [-0.25, -0.2) is 8.42 Å². The van der Waals surface area contributed by atoms with E-state index in [1.54, 1.807) is 0 Å². The van der Waals surface area contributed by atoms with Crippen molar-refractivity contribution >= 4 is 25.9 Å². The number of nitro groups is 1. The molecule has 146 valence electrons. The molecule has 0 radical (unpaired) electrons. The van der Waals surface area contributed by atoms with E-state index in [1.807, 2.05) is 0 Å². The molecule has 0 saturated heterocycles. The summed E-state index contributed by atoms with van der Waals surface area (Å²) in [5.74, 6) is 0. The molecular formula is C13H9N5O8S2. The Balaban J connectivity index is 2.41. The van der Waals surface area contributed by atoms with Gasteiger partial charge in [-0.3, -0.25) is 14.7 Å². The van der Waals surface area contributed by atoms with Crippen LogP contribution in [0.25, 0.3) is 16.8 Å². The average molecular weight is 427 g/mol. The zero-order valence-corrected chi connectivity index (χ0v) is 15.1. The fourth-order valence-electron chi connectivity index (χ4n) is 2.45. The first-order chi connectivity index (χ1) is 13.0. The maximum atomic E-state index is 11.9. The van der Waals surface area contributed by atoms with Gasteiger partial charge in [-0.15, -0.1) is 4.68 Å². The smallest absolute Gasteiger partial charge is 0.295 e. The van der Waals surface area contributed by atoms with Crippen LogP contribution in [0.1, 0.15) is 0 Å². The molecule has 0 fully saturated rings. The zero-order valence-electron chi connectivity index (χ0n) is 13.5. The fraction of sp³-hybridized carbons (Fsp3) is 0. The van der Waals surface area contributed by atoms with Gasteiger partial charge in [0, 0.05) is 23.8 Å². The monoisotopic (exact) mass is 427 g/mol. The maximum Gasteiger partial charge on any atom is 0.295 e. The Morgan fingerprint density at radius 3 is 2.14 bits per heavy atom. The second-order valence-electron chi connectivity index (χ2n) is 5.35. The third-order valence-corrected chi connectivity index (χ3v) is 5.36. The van der Waals surface area contributed by atoms with Crippen molar-refractivity contribution in [3.8, 4) is 16.8 Å². The Morgan fingerprint density at radius 2 is 1.68 bits per heavy atom. The van der Waals surface area contributed by atoms with Crippen LogP contribution in [0.2, 0.25) is 0 Å². The molecule has 0 unspecified atom stereocenters. The lowest BCUT2D eigenvalue weighted by molar-refractivity contribution is -0.660. The lowest BCUT2D eigenvalue weighted by Gasteiger charge is -2.17. The van der Waals surface area contributed by atoms with E-state index >= 15 is 0 Å². The molecule has 0 saturated carbocycles. The van der Waals surface area contributed by atoms with E-state index in [-0.39, 0.29) is 16.9 Å². The van der Waals surface area contributed by atoms with Crippen molar-refractivity contribution in [2.45, 2.75) is 9.79 Å².